The molecule has 1 atom stereocenters. The standard InChI is InChI=1S/C14H15N3O/c18-13-9-12(10-5-2-1-3-6-10)16-14(17-13)11-7-4-8-15-11/h1-3,5-6,9,11,15H,4,7-8H2,(H,16,17,18). The maximum absolute atomic E-state index is 11.7. The van der Waals surface area contributed by atoms with E-state index >= 15 is 0 Å². The molecule has 1 fully saturated rings. The van der Waals surface area contributed by atoms with E-state index in [2.05, 4.69) is 15.3 Å². The zero-order valence-corrected chi connectivity index (χ0v) is 10.0. The van der Waals surface area contributed by atoms with Crippen LogP contribution in [0, 0.1) is 0 Å². The molecule has 2 aromatic rings. The molecule has 3 rings (SSSR count). The molecule has 0 spiro atoms. The lowest BCUT2D eigenvalue weighted by atomic mass is 10.1. The summed E-state index contributed by atoms with van der Waals surface area (Å²) in [7, 11) is 0. The SMILES string of the molecule is O=c1cc(-c2ccccc2)nc(C2CCCN2)[nH]1. The van der Waals surface area contributed by atoms with Gasteiger partial charge in [-0.2, -0.15) is 0 Å². The summed E-state index contributed by atoms with van der Waals surface area (Å²) in [5, 5.41) is 3.35. The molecule has 4 nitrogen and oxygen atoms in total. The van der Waals surface area contributed by atoms with Gasteiger partial charge in [0.1, 0.15) is 5.82 Å². The van der Waals surface area contributed by atoms with Crippen LogP contribution in [0.4, 0.5) is 0 Å². The van der Waals surface area contributed by atoms with E-state index in [1.165, 1.54) is 0 Å². The van der Waals surface area contributed by atoms with Gasteiger partial charge in [0, 0.05) is 11.6 Å². The van der Waals surface area contributed by atoms with Crippen molar-refractivity contribution in [1.29, 1.82) is 0 Å². The van der Waals surface area contributed by atoms with Crippen molar-refractivity contribution in [3.05, 3.63) is 52.6 Å². The lowest BCUT2D eigenvalue weighted by Gasteiger charge is -2.10. The van der Waals surface area contributed by atoms with E-state index in [1.807, 2.05) is 30.3 Å². The Labute approximate surface area is 105 Å². The van der Waals surface area contributed by atoms with Gasteiger partial charge in [0.15, 0.2) is 0 Å². The maximum Gasteiger partial charge on any atom is 0.251 e. The van der Waals surface area contributed by atoms with E-state index < -0.39 is 0 Å². The second-order valence-electron chi connectivity index (χ2n) is 4.53. The molecule has 0 amide bonds. The van der Waals surface area contributed by atoms with Gasteiger partial charge in [-0.25, -0.2) is 4.98 Å². The Morgan fingerprint density at radius 3 is 2.78 bits per heavy atom. The van der Waals surface area contributed by atoms with Gasteiger partial charge >= 0.3 is 0 Å². The monoisotopic (exact) mass is 241 g/mol. The number of H-pyrrole nitrogens is 1. The van der Waals surface area contributed by atoms with E-state index in [0.29, 0.717) is 0 Å². The van der Waals surface area contributed by atoms with Crippen molar-refractivity contribution < 1.29 is 0 Å². The molecule has 1 aromatic carbocycles. The molecule has 4 heteroatoms. The first-order chi connectivity index (χ1) is 8.83. The van der Waals surface area contributed by atoms with Crippen LogP contribution in [0.25, 0.3) is 11.3 Å². The van der Waals surface area contributed by atoms with Crippen molar-refractivity contribution in [2.75, 3.05) is 6.54 Å². The van der Waals surface area contributed by atoms with Crippen molar-refractivity contribution in [2.45, 2.75) is 18.9 Å². The van der Waals surface area contributed by atoms with Gasteiger partial charge in [0.25, 0.3) is 5.56 Å². The van der Waals surface area contributed by atoms with E-state index in [-0.39, 0.29) is 11.6 Å². The predicted octanol–water partition coefficient (Wildman–Crippen LogP) is 1.86. The molecule has 0 aliphatic carbocycles. The molecule has 0 radical (unpaired) electrons. The number of hydrogen-bond acceptors (Lipinski definition) is 3. The molecule has 2 heterocycles. The first-order valence-corrected chi connectivity index (χ1v) is 6.23. The van der Waals surface area contributed by atoms with Crippen molar-refractivity contribution in [3.63, 3.8) is 0 Å². The summed E-state index contributed by atoms with van der Waals surface area (Å²) < 4.78 is 0. The van der Waals surface area contributed by atoms with Crippen LogP contribution in [0.3, 0.4) is 0 Å². The van der Waals surface area contributed by atoms with Crippen molar-refractivity contribution in [2.24, 2.45) is 0 Å². The van der Waals surface area contributed by atoms with E-state index in [1.54, 1.807) is 6.07 Å². The summed E-state index contributed by atoms with van der Waals surface area (Å²) in [6.45, 7) is 0.990. The average molecular weight is 241 g/mol. The Kier molecular flexibility index (Phi) is 2.94. The second-order valence-corrected chi connectivity index (χ2v) is 4.53. The Morgan fingerprint density at radius 2 is 2.06 bits per heavy atom. The third kappa shape index (κ3) is 2.19. The minimum absolute atomic E-state index is 0.0902. The van der Waals surface area contributed by atoms with Crippen LogP contribution in [-0.4, -0.2) is 16.5 Å². The molecule has 92 valence electrons. The van der Waals surface area contributed by atoms with Crippen LogP contribution in [-0.2, 0) is 0 Å². The number of aromatic amines is 1. The number of rotatable bonds is 2. The van der Waals surface area contributed by atoms with Gasteiger partial charge in [0.2, 0.25) is 0 Å². The van der Waals surface area contributed by atoms with Gasteiger partial charge in [0.05, 0.1) is 11.7 Å². The smallest absolute Gasteiger partial charge is 0.251 e. The first-order valence-electron chi connectivity index (χ1n) is 6.23. The summed E-state index contributed by atoms with van der Waals surface area (Å²) >= 11 is 0. The Morgan fingerprint density at radius 1 is 1.22 bits per heavy atom. The average Bonchev–Trinajstić information content (AvgIpc) is 2.93. The highest BCUT2D eigenvalue weighted by Gasteiger charge is 2.19. The third-order valence-corrected chi connectivity index (χ3v) is 3.22. The quantitative estimate of drug-likeness (QED) is 0.843. The zero-order valence-electron chi connectivity index (χ0n) is 10.0. The molecule has 0 bridgehead atoms. The lowest BCUT2D eigenvalue weighted by molar-refractivity contribution is 0.603. The minimum Gasteiger partial charge on any atom is -0.309 e. The van der Waals surface area contributed by atoms with Crippen LogP contribution >= 0.6 is 0 Å². The van der Waals surface area contributed by atoms with Crippen LogP contribution in [0.2, 0.25) is 0 Å². The molecular formula is C14H15N3O. The molecule has 0 saturated carbocycles. The molecule has 2 N–H and O–H groups in total. The highest BCUT2D eigenvalue weighted by Crippen LogP contribution is 2.21. The van der Waals surface area contributed by atoms with E-state index in [0.717, 1.165) is 36.5 Å². The summed E-state index contributed by atoms with van der Waals surface area (Å²) in [5.41, 5.74) is 1.62. The van der Waals surface area contributed by atoms with Crippen LogP contribution in [0.15, 0.2) is 41.2 Å². The zero-order chi connectivity index (χ0) is 12.4. The summed E-state index contributed by atoms with van der Waals surface area (Å²) in [6.07, 6.45) is 2.16. The van der Waals surface area contributed by atoms with E-state index in [9.17, 15) is 4.79 Å². The molecule has 1 unspecified atom stereocenters. The number of benzene rings is 1. The number of nitrogens with one attached hydrogen (secondary N) is 2. The maximum atomic E-state index is 11.7. The van der Waals surface area contributed by atoms with Crippen molar-refractivity contribution >= 4 is 0 Å². The molecule has 1 aliphatic heterocycles. The molecule has 1 saturated heterocycles. The Hall–Kier alpha value is -1.94. The van der Waals surface area contributed by atoms with Gasteiger partial charge in [-0.1, -0.05) is 30.3 Å². The highest BCUT2D eigenvalue weighted by molar-refractivity contribution is 5.58. The summed E-state index contributed by atoms with van der Waals surface area (Å²) in [4.78, 5) is 19.1. The second kappa shape index (κ2) is 4.74. The van der Waals surface area contributed by atoms with Crippen LogP contribution in [0.5, 0.6) is 0 Å². The minimum atomic E-state index is -0.0902. The number of hydrogen-bond donors (Lipinski definition) is 2. The van der Waals surface area contributed by atoms with Gasteiger partial charge in [-0.3, -0.25) is 4.79 Å². The largest absolute Gasteiger partial charge is 0.309 e. The third-order valence-electron chi connectivity index (χ3n) is 3.22. The lowest BCUT2D eigenvalue weighted by Crippen LogP contribution is -2.20. The van der Waals surface area contributed by atoms with E-state index in [4.69, 9.17) is 0 Å². The molecule has 1 aliphatic rings. The highest BCUT2D eigenvalue weighted by atomic mass is 16.1. The van der Waals surface area contributed by atoms with Crippen LogP contribution < -0.4 is 10.9 Å². The first kappa shape index (κ1) is 11.2. The molecule has 18 heavy (non-hydrogen) atoms. The number of nitrogens with zero attached hydrogens (tertiary/aromatic N) is 1. The fourth-order valence-electron chi connectivity index (χ4n) is 2.32. The fraction of sp³-hybridized carbons (Fsp3) is 0.286. The van der Waals surface area contributed by atoms with Gasteiger partial charge < -0.3 is 10.3 Å². The topological polar surface area (TPSA) is 57.8 Å². The fourth-order valence-corrected chi connectivity index (χ4v) is 2.32. The van der Waals surface area contributed by atoms with Crippen LogP contribution in [0.1, 0.15) is 24.7 Å². The Bertz CT molecular complexity index is 585. The van der Waals surface area contributed by atoms with Crippen molar-refractivity contribution in [3.8, 4) is 11.3 Å². The Balaban J connectivity index is 2.03. The normalized spacial score (nSPS) is 19.0. The summed E-state index contributed by atoms with van der Waals surface area (Å²) in [5.74, 6) is 0.749. The predicted molar refractivity (Wildman–Crippen MR) is 70.3 cm³/mol. The van der Waals surface area contributed by atoms with Gasteiger partial charge in [-0.05, 0) is 19.4 Å². The molecule has 1 aromatic heterocycles. The van der Waals surface area contributed by atoms with Gasteiger partial charge in [-0.15, -0.1) is 0 Å². The summed E-state index contributed by atoms with van der Waals surface area (Å²) in [6, 6.07) is 11.5. The number of aromatic nitrogens is 2. The molecular weight excluding hydrogens is 226 g/mol. The van der Waals surface area contributed by atoms with Crippen molar-refractivity contribution in [1.82, 2.24) is 15.3 Å².